The van der Waals surface area contributed by atoms with Gasteiger partial charge in [-0.05, 0) is 5.41 Å². The molecule has 0 saturated carbocycles. The molecule has 1 aliphatic rings. The Balaban J connectivity index is 0. The molecule has 0 aromatic rings. The summed E-state index contributed by atoms with van der Waals surface area (Å²) in [4.78, 5) is 25.3. The molecule has 0 aromatic carbocycles. The van der Waals surface area contributed by atoms with Gasteiger partial charge in [0.2, 0.25) is 11.8 Å². The molecule has 1 atom stereocenters. The first-order chi connectivity index (χ1) is 10.1. The molecule has 23 heavy (non-hydrogen) atoms. The maximum absolute atomic E-state index is 12.1. The Labute approximate surface area is 157 Å². The maximum atomic E-state index is 12.1. The van der Waals surface area contributed by atoms with Crippen LogP contribution in [0.1, 0.15) is 60.8 Å². The Morgan fingerprint density at radius 1 is 1.22 bits per heavy atom. The van der Waals surface area contributed by atoms with Gasteiger partial charge in [0, 0.05) is 13.0 Å². The van der Waals surface area contributed by atoms with Crippen LogP contribution in [0.3, 0.4) is 0 Å². The smallest absolute Gasteiger partial charge is 0.380 e. The third kappa shape index (κ3) is 10.3. The van der Waals surface area contributed by atoms with Crippen LogP contribution in [0.25, 0.3) is 0 Å². The van der Waals surface area contributed by atoms with Gasteiger partial charge < -0.3 is 17.6 Å². The molecule has 0 N–H and O–H groups in total. The van der Waals surface area contributed by atoms with Crippen LogP contribution < -0.4 is 0 Å². The molecule has 2 amide bonds. The Morgan fingerprint density at radius 3 is 2.13 bits per heavy atom. The summed E-state index contributed by atoms with van der Waals surface area (Å²) in [5.74, 6) is 1.11. The van der Waals surface area contributed by atoms with Crippen LogP contribution in [0.15, 0.2) is 0 Å². The van der Waals surface area contributed by atoms with Gasteiger partial charge >= 0.3 is 21.1 Å². The zero-order valence-electron chi connectivity index (χ0n) is 15.6. The summed E-state index contributed by atoms with van der Waals surface area (Å²) in [5.41, 5.74) is -0.157. The van der Waals surface area contributed by atoms with Gasteiger partial charge in [-0.1, -0.05) is 27.2 Å². The average molecular weight is 495 g/mol. The van der Waals surface area contributed by atoms with Crippen LogP contribution in [-0.4, -0.2) is 36.5 Å². The Bertz CT molecular complexity index is 348. The molecule has 1 heterocycles. The third-order valence-electron chi connectivity index (χ3n) is 3.29. The van der Waals surface area contributed by atoms with Gasteiger partial charge in [0.15, 0.2) is 0 Å². The van der Waals surface area contributed by atoms with E-state index in [0.29, 0.717) is 26.2 Å². The monoisotopic (exact) mass is 495 g/mol. The topological polar surface area (TPSA) is 46.6 Å². The summed E-state index contributed by atoms with van der Waals surface area (Å²) in [5, 5.41) is 0. The number of hydrogen-bond donors (Lipinski definition) is 0. The van der Waals surface area contributed by atoms with Gasteiger partial charge in [-0.2, -0.15) is 27.2 Å². The summed E-state index contributed by atoms with van der Waals surface area (Å²) in [6, 6.07) is 0. The number of imide groups is 1. The summed E-state index contributed by atoms with van der Waals surface area (Å²) in [6.45, 7) is 17.4. The number of unbranched alkanes of at least 4 members (excludes halogenated alkanes) is 1. The zero-order chi connectivity index (χ0) is 17.3. The van der Waals surface area contributed by atoms with Gasteiger partial charge in [0.05, 0.1) is 19.1 Å². The molecular formula is C18H33NO3W. The molecule has 0 aromatic heterocycles. The van der Waals surface area contributed by atoms with E-state index in [9.17, 15) is 9.59 Å². The van der Waals surface area contributed by atoms with Gasteiger partial charge in [-0.15, -0.1) is 0 Å². The summed E-state index contributed by atoms with van der Waals surface area (Å²) in [6.07, 6.45) is 2.08. The van der Waals surface area contributed by atoms with Crippen molar-refractivity contribution >= 4 is 11.8 Å². The largest absolute Gasteiger partial charge is 2.00 e. The molecule has 0 radical (unpaired) electrons. The Morgan fingerprint density at radius 2 is 1.74 bits per heavy atom. The second-order valence-corrected chi connectivity index (χ2v) is 7.33. The first-order valence-corrected chi connectivity index (χ1v) is 8.09. The van der Waals surface area contributed by atoms with Crippen molar-refractivity contribution in [3.8, 4) is 0 Å². The second-order valence-electron chi connectivity index (χ2n) is 7.33. The number of nitrogens with zero attached hydrogens (tertiary/aromatic N) is 1. The van der Waals surface area contributed by atoms with Crippen molar-refractivity contribution < 1.29 is 35.4 Å². The van der Waals surface area contributed by atoms with E-state index in [4.69, 9.17) is 4.74 Å². The van der Waals surface area contributed by atoms with Gasteiger partial charge in [0.1, 0.15) is 0 Å². The summed E-state index contributed by atoms with van der Waals surface area (Å²) < 4.78 is 5.37. The zero-order valence-corrected chi connectivity index (χ0v) is 18.5. The molecule has 1 aliphatic heterocycles. The van der Waals surface area contributed by atoms with Crippen LogP contribution in [0.5, 0.6) is 0 Å². The number of carbonyl (C=O) groups excluding carboxylic acids is 2. The van der Waals surface area contributed by atoms with Crippen molar-refractivity contribution in [3.05, 3.63) is 12.8 Å². The summed E-state index contributed by atoms with van der Waals surface area (Å²) >= 11 is 0. The molecule has 5 heteroatoms. The van der Waals surface area contributed by atoms with Crippen LogP contribution in [0, 0.1) is 24.2 Å². The van der Waals surface area contributed by atoms with E-state index in [1.165, 1.54) is 10.8 Å². The third-order valence-corrected chi connectivity index (χ3v) is 3.29. The van der Waals surface area contributed by atoms with Crippen molar-refractivity contribution in [3.63, 3.8) is 0 Å². The standard InChI is InChI=1S/C14H24NO3.C4H9.W/c1-5-6-8-18-9-7-15-12(16)10-11(13(15)17)14(2,3)4;1-4(2)3;/h11H,1,5-10H2,2-4H3;1-3H3;/q2*-1;+2. The van der Waals surface area contributed by atoms with E-state index in [1.807, 2.05) is 20.8 Å². The van der Waals surface area contributed by atoms with Crippen LogP contribution >= 0.6 is 0 Å². The van der Waals surface area contributed by atoms with Gasteiger partial charge in [-0.3, -0.25) is 14.5 Å². The molecule has 1 rings (SSSR count). The molecule has 0 bridgehead atoms. The normalized spacial score (nSPS) is 17.9. The van der Waals surface area contributed by atoms with Crippen LogP contribution in [-0.2, 0) is 35.4 Å². The first kappa shape index (κ1) is 25.0. The maximum Gasteiger partial charge on any atom is 2.00 e. The molecule has 1 saturated heterocycles. The number of amides is 2. The molecule has 0 aliphatic carbocycles. The summed E-state index contributed by atoms with van der Waals surface area (Å²) in [7, 11) is 0. The van der Waals surface area contributed by atoms with Crippen molar-refractivity contribution in [2.45, 2.75) is 60.8 Å². The van der Waals surface area contributed by atoms with E-state index in [0.717, 1.165) is 12.8 Å². The van der Waals surface area contributed by atoms with E-state index in [-0.39, 0.29) is 44.2 Å². The fourth-order valence-corrected chi connectivity index (χ4v) is 2.06. The fourth-order valence-electron chi connectivity index (χ4n) is 2.06. The predicted molar refractivity (Wildman–Crippen MR) is 90.0 cm³/mol. The molecular weight excluding hydrogens is 462 g/mol. The quantitative estimate of drug-likeness (QED) is 0.321. The van der Waals surface area contributed by atoms with E-state index in [1.54, 1.807) is 0 Å². The molecule has 0 spiro atoms. The minimum Gasteiger partial charge on any atom is -0.380 e. The van der Waals surface area contributed by atoms with E-state index < -0.39 is 0 Å². The Hall–Kier alpha value is -0.212. The van der Waals surface area contributed by atoms with E-state index >= 15 is 0 Å². The number of ether oxygens (including phenoxy) is 1. The predicted octanol–water partition coefficient (Wildman–Crippen LogP) is 3.66. The molecule has 1 fully saturated rings. The number of carbonyl (C=O) groups is 2. The van der Waals surface area contributed by atoms with Gasteiger partial charge in [0.25, 0.3) is 0 Å². The number of likely N-dealkylation sites (tertiary alicyclic amines) is 1. The minimum atomic E-state index is -0.190. The average Bonchev–Trinajstić information content (AvgIpc) is 2.65. The van der Waals surface area contributed by atoms with Crippen LogP contribution in [0.4, 0.5) is 0 Å². The molecule has 1 unspecified atom stereocenters. The number of rotatable bonds is 6. The van der Waals surface area contributed by atoms with Crippen molar-refractivity contribution in [2.24, 2.45) is 11.3 Å². The number of hydrogen-bond acceptors (Lipinski definition) is 3. The fraction of sp³-hybridized carbons (Fsp3) is 0.778. The van der Waals surface area contributed by atoms with Crippen molar-refractivity contribution in [1.82, 2.24) is 4.90 Å². The van der Waals surface area contributed by atoms with E-state index in [2.05, 4.69) is 27.7 Å². The van der Waals surface area contributed by atoms with Crippen LogP contribution in [0.2, 0.25) is 0 Å². The second kappa shape index (κ2) is 12.2. The van der Waals surface area contributed by atoms with Crippen molar-refractivity contribution in [1.29, 1.82) is 0 Å². The molecule has 134 valence electrons. The Kier molecular flexibility index (Phi) is 13.3. The SMILES string of the molecule is C[C-](C)C.[CH2-]CCCOCCN1C(=O)CC(C(C)(C)C)C1=O.[W+2]. The molecule has 4 nitrogen and oxygen atoms in total. The first-order valence-electron chi connectivity index (χ1n) is 8.09. The van der Waals surface area contributed by atoms with Crippen molar-refractivity contribution in [2.75, 3.05) is 19.8 Å². The minimum absolute atomic E-state index is 0. The van der Waals surface area contributed by atoms with Gasteiger partial charge in [-0.25, -0.2) is 0 Å².